The molecule has 0 saturated carbocycles. The Morgan fingerprint density at radius 1 is 1.18 bits per heavy atom. The van der Waals surface area contributed by atoms with E-state index in [0.717, 1.165) is 15.7 Å². The van der Waals surface area contributed by atoms with E-state index < -0.39 is 0 Å². The second-order valence-corrected chi connectivity index (χ2v) is 6.22. The lowest BCUT2D eigenvalue weighted by atomic mass is 10.0. The Balaban J connectivity index is 1.90. The molecule has 3 nitrogen and oxygen atoms in total. The summed E-state index contributed by atoms with van der Waals surface area (Å²) in [7, 11) is 0. The number of rotatable bonds is 4. The van der Waals surface area contributed by atoms with Crippen LogP contribution in [0.25, 0.3) is 0 Å². The van der Waals surface area contributed by atoms with Gasteiger partial charge in [-0.1, -0.05) is 45.8 Å². The summed E-state index contributed by atoms with van der Waals surface area (Å²) >= 11 is 3.49. The van der Waals surface area contributed by atoms with Gasteiger partial charge in [-0.15, -0.1) is 0 Å². The molecule has 1 aliphatic heterocycles. The van der Waals surface area contributed by atoms with Gasteiger partial charge in [0.2, 0.25) is 0 Å². The van der Waals surface area contributed by atoms with E-state index in [1.165, 1.54) is 11.6 Å². The molecule has 22 heavy (non-hydrogen) atoms. The zero-order valence-electron chi connectivity index (χ0n) is 12.1. The summed E-state index contributed by atoms with van der Waals surface area (Å²) in [5.74, 6) is -0.296. The largest absolute Gasteiger partial charge is 0.452 e. The smallest absolute Gasteiger partial charge is 0.331 e. The van der Waals surface area contributed by atoms with Gasteiger partial charge in [-0.05, 0) is 42.8 Å². The third-order valence-electron chi connectivity index (χ3n) is 3.58. The van der Waals surface area contributed by atoms with Crippen LogP contribution in [0.1, 0.15) is 17.2 Å². The number of esters is 1. The highest BCUT2D eigenvalue weighted by Crippen LogP contribution is 2.29. The molecule has 112 valence electrons. The summed E-state index contributed by atoms with van der Waals surface area (Å²) in [5.41, 5.74) is 3.25. The van der Waals surface area contributed by atoms with Crippen LogP contribution in [0.4, 0.5) is 5.69 Å². The standard InChI is InChI=1S/C18H16BrNO2/c1-12-5-7-15(8-6-12)20-18(16-9-10-17(21)22-16)13-3-2-4-14(19)11-13/h2-11,16,18,20H,1H3/t16-,18+/m0/s1. The minimum Gasteiger partial charge on any atom is -0.452 e. The lowest BCUT2D eigenvalue weighted by molar-refractivity contribution is -0.139. The third kappa shape index (κ3) is 3.39. The maximum atomic E-state index is 11.4. The van der Waals surface area contributed by atoms with Gasteiger partial charge in [0.25, 0.3) is 0 Å². The van der Waals surface area contributed by atoms with Crippen LogP contribution < -0.4 is 5.32 Å². The van der Waals surface area contributed by atoms with Crippen LogP contribution >= 0.6 is 15.9 Å². The monoisotopic (exact) mass is 357 g/mol. The van der Waals surface area contributed by atoms with Crippen molar-refractivity contribution in [2.24, 2.45) is 0 Å². The van der Waals surface area contributed by atoms with Gasteiger partial charge in [0, 0.05) is 16.2 Å². The molecule has 0 unspecified atom stereocenters. The minimum atomic E-state index is -0.317. The molecule has 2 atom stereocenters. The molecule has 1 aliphatic rings. The first-order chi connectivity index (χ1) is 10.6. The number of carbonyl (C=O) groups is 1. The van der Waals surface area contributed by atoms with Gasteiger partial charge < -0.3 is 10.1 Å². The molecular weight excluding hydrogens is 342 g/mol. The molecule has 0 aliphatic carbocycles. The van der Waals surface area contributed by atoms with Gasteiger partial charge in [0.05, 0.1) is 6.04 Å². The first kappa shape index (κ1) is 14.9. The van der Waals surface area contributed by atoms with Crippen molar-refractivity contribution in [3.63, 3.8) is 0 Å². The summed E-state index contributed by atoms with van der Waals surface area (Å²) in [4.78, 5) is 11.4. The van der Waals surface area contributed by atoms with E-state index in [2.05, 4.69) is 40.3 Å². The van der Waals surface area contributed by atoms with E-state index >= 15 is 0 Å². The predicted molar refractivity (Wildman–Crippen MR) is 90.7 cm³/mol. The number of aryl methyl sites for hydroxylation is 1. The van der Waals surface area contributed by atoms with E-state index in [4.69, 9.17) is 4.74 Å². The van der Waals surface area contributed by atoms with E-state index in [-0.39, 0.29) is 18.1 Å². The van der Waals surface area contributed by atoms with Crippen molar-refractivity contribution in [2.75, 3.05) is 5.32 Å². The number of cyclic esters (lactones) is 1. The fourth-order valence-corrected chi connectivity index (χ4v) is 2.87. The Labute approximate surface area is 138 Å². The fourth-order valence-electron chi connectivity index (χ4n) is 2.45. The van der Waals surface area contributed by atoms with Crippen molar-refractivity contribution < 1.29 is 9.53 Å². The molecule has 1 N–H and O–H groups in total. The molecule has 2 aromatic rings. The molecule has 0 saturated heterocycles. The zero-order chi connectivity index (χ0) is 15.5. The Kier molecular flexibility index (Phi) is 4.29. The number of hydrogen-bond acceptors (Lipinski definition) is 3. The highest BCUT2D eigenvalue weighted by molar-refractivity contribution is 9.10. The Morgan fingerprint density at radius 3 is 2.59 bits per heavy atom. The average Bonchev–Trinajstić information content (AvgIpc) is 2.93. The van der Waals surface area contributed by atoms with Gasteiger partial charge in [-0.2, -0.15) is 0 Å². The van der Waals surface area contributed by atoms with Gasteiger partial charge in [0.1, 0.15) is 6.10 Å². The van der Waals surface area contributed by atoms with Crippen LogP contribution in [0.15, 0.2) is 65.2 Å². The summed E-state index contributed by atoms with van der Waals surface area (Å²) in [6.07, 6.45) is 2.96. The number of halogens is 1. The molecule has 0 aromatic heterocycles. The lowest BCUT2D eigenvalue weighted by Crippen LogP contribution is -2.25. The molecule has 4 heteroatoms. The van der Waals surface area contributed by atoms with Crippen LogP contribution in [0, 0.1) is 6.92 Å². The lowest BCUT2D eigenvalue weighted by Gasteiger charge is -2.25. The number of ether oxygens (including phenoxy) is 1. The van der Waals surface area contributed by atoms with Crippen molar-refractivity contribution in [1.82, 2.24) is 0 Å². The number of carbonyl (C=O) groups excluding carboxylic acids is 1. The van der Waals surface area contributed by atoms with Crippen molar-refractivity contribution in [3.8, 4) is 0 Å². The van der Waals surface area contributed by atoms with Gasteiger partial charge >= 0.3 is 5.97 Å². The van der Waals surface area contributed by atoms with Crippen LogP contribution in [0.5, 0.6) is 0 Å². The normalized spacial score (nSPS) is 18.1. The molecule has 0 spiro atoms. The molecule has 1 heterocycles. The minimum absolute atomic E-state index is 0.136. The van der Waals surface area contributed by atoms with Crippen molar-refractivity contribution >= 4 is 27.6 Å². The molecule has 2 aromatic carbocycles. The van der Waals surface area contributed by atoms with Crippen LogP contribution in [0.2, 0.25) is 0 Å². The van der Waals surface area contributed by atoms with Crippen LogP contribution in [-0.2, 0) is 9.53 Å². The summed E-state index contributed by atoms with van der Waals surface area (Å²) in [5, 5.41) is 3.46. The van der Waals surface area contributed by atoms with E-state index in [1.54, 1.807) is 6.08 Å². The number of nitrogens with one attached hydrogen (secondary N) is 1. The van der Waals surface area contributed by atoms with Crippen LogP contribution in [-0.4, -0.2) is 12.1 Å². The quantitative estimate of drug-likeness (QED) is 0.824. The van der Waals surface area contributed by atoms with E-state index in [0.29, 0.717) is 0 Å². The Bertz CT molecular complexity index is 709. The molecule has 0 radical (unpaired) electrons. The second-order valence-electron chi connectivity index (χ2n) is 5.30. The number of hydrogen-bond donors (Lipinski definition) is 1. The average molecular weight is 358 g/mol. The second kappa shape index (κ2) is 6.36. The highest BCUT2D eigenvalue weighted by atomic mass is 79.9. The maximum absolute atomic E-state index is 11.4. The first-order valence-electron chi connectivity index (χ1n) is 7.09. The first-order valence-corrected chi connectivity index (χ1v) is 7.88. The topological polar surface area (TPSA) is 38.3 Å². The van der Waals surface area contributed by atoms with Crippen molar-refractivity contribution in [1.29, 1.82) is 0 Å². The summed E-state index contributed by atoms with van der Waals surface area (Å²) in [6, 6.07) is 16.0. The Morgan fingerprint density at radius 2 is 1.95 bits per heavy atom. The Hall–Kier alpha value is -2.07. The fraction of sp³-hybridized carbons (Fsp3) is 0.167. The number of anilines is 1. The third-order valence-corrected chi connectivity index (χ3v) is 4.08. The van der Waals surface area contributed by atoms with Gasteiger partial charge in [-0.25, -0.2) is 4.79 Å². The van der Waals surface area contributed by atoms with E-state index in [9.17, 15) is 4.79 Å². The van der Waals surface area contributed by atoms with E-state index in [1.807, 2.05) is 36.4 Å². The maximum Gasteiger partial charge on any atom is 0.331 e. The highest BCUT2D eigenvalue weighted by Gasteiger charge is 2.28. The zero-order valence-corrected chi connectivity index (χ0v) is 13.7. The van der Waals surface area contributed by atoms with Crippen molar-refractivity contribution in [2.45, 2.75) is 19.1 Å². The molecule has 0 bridgehead atoms. The molecule has 0 amide bonds. The van der Waals surface area contributed by atoms with Gasteiger partial charge in [-0.3, -0.25) is 0 Å². The molecule has 0 fully saturated rings. The molecule has 3 rings (SSSR count). The van der Waals surface area contributed by atoms with Crippen molar-refractivity contribution in [3.05, 3.63) is 76.3 Å². The molecular formula is C18H16BrNO2. The van der Waals surface area contributed by atoms with Gasteiger partial charge in [0.15, 0.2) is 0 Å². The number of benzene rings is 2. The predicted octanol–water partition coefficient (Wildman–Crippen LogP) is 4.39. The SMILES string of the molecule is Cc1ccc(N[C@H](c2cccc(Br)c2)[C@@H]2C=CC(=O)O2)cc1. The summed E-state index contributed by atoms with van der Waals surface area (Å²) in [6.45, 7) is 2.05. The van der Waals surface area contributed by atoms with Crippen LogP contribution in [0.3, 0.4) is 0 Å². The summed E-state index contributed by atoms with van der Waals surface area (Å²) < 4.78 is 6.38.